The van der Waals surface area contributed by atoms with Crippen molar-refractivity contribution < 1.29 is 8.78 Å². The molecule has 2 fully saturated rings. The molecule has 0 saturated heterocycles. The van der Waals surface area contributed by atoms with Gasteiger partial charge in [-0.25, -0.2) is 8.78 Å². The first-order valence-corrected chi connectivity index (χ1v) is 14.7. The van der Waals surface area contributed by atoms with Gasteiger partial charge in [0.15, 0.2) is 0 Å². The van der Waals surface area contributed by atoms with Crippen LogP contribution in [0.15, 0.2) is 54.6 Å². The number of allylic oxidation sites excluding steroid dienone is 2. The predicted molar refractivity (Wildman–Crippen MR) is 148 cm³/mol. The predicted octanol–water partition coefficient (Wildman–Crippen LogP) is 10.5. The van der Waals surface area contributed by atoms with E-state index in [9.17, 15) is 8.78 Å². The first kappa shape index (κ1) is 27.1. The Kier molecular flexibility index (Phi) is 10.2. The van der Waals surface area contributed by atoms with Crippen LogP contribution in [0.2, 0.25) is 0 Å². The van der Waals surface area contributed by atoms with Gasteiger partial charge in [0, 0.05) is 5.56 Å². The zero-order valence-corrected chi connectivity index (χ0v) is 22.5. The van der Waals surface area contributed by atoms with Crippen molar-refractivity contribution in [2.24, 2.45) is 17.8 Å². The van der Waals surface area contributed by atoms with Gasteiger partial charge >= 0.3 is 0 Å². The molecule has 0 bridgehead atoms. The Morgan fingerprint density at radius 3 is 1.94 bits per heavy atom. The molecule has 2 heteroatoms. The van der Waals surface area contributed by atoms with Gasteiger partial charge in [0.25, 0.3) is 0 Å². The summed E-state index contributed by atoms with van der Waals surface area (Å²) in [7, 11) is 0. The van der Waals surface area contributed by atoms with E-state index >= 15 is 0 Å². The van der Waals surface area contributed by atoms with Crippen molar-refractivity contribution in [2.75, 3.05) is 0 Å². The van der Waals surface area contributed by atoms with Crippen LogP contribution >= 0.6 is 0 Å². The highest BCUT2D eigenvalue weighted by atomic mass is 19.1. The first-order chi connectivity index (χ1) is 17.5. The summed E-state index contributed by atoms with van der Waals surface area (Å²) in [6, 6.07) is 14.2. The lowest BCUT2D eigenvalue weighted by Crippen LogP contribution is -2.18. The zero-order chi connectivity index (χ0) is 25.3. The smallest absolute Gasteiger partial charge is 0.129 e. The summed E-state index contributed by atoms with van der Waals surface area (Å²) >= 11 is 0. The van der Waals surface area contributed by atoms with Gasteiger partial charge in [-0.05, 0) is 105 Å². The van der Waals surface area contributed by atoms with Crippen LogP contribution in [0, 0.1) is 29.4 Å². The highest BCUT2D eigenvalue weighted by molar-refractivity contribution is 5.29. The van der Waals surface area contributed by atoms with Crippen LogP contribution < -0.4 is 0 Å². The third-order valence-corrected chi connectivity index (χ3v) is 9.28. The van der Waals surface area contributed by atoms with Gasteiger partial charge in [-0.15, -0.1) is 0 Å². The van der Waals surface area contributed by atoms with Gasteiger partial charge in [0.2, 0.25) is 0 Å². The minimum Gasteiger partial charge on any atom is -0.207 e. The van der Waals surface area contributed by atoms with Crippen molar-refractivity contribution in [3.05, 3.63) is 82.9 Å². The molecule has 2 aromatic rings. The average Bonchev–Trinajstić information content (AvgIpc) is 2.90. The summed E-state index contributed by atoms with van der Waals surface area (Å²) in [5.74, 6) is 2.87. The maximum Gasteiger partial charge on any atom is 0.129 e. The summed E-state index contributed by atoms with van der Waals surface area (Å²) in [6.45, 7) is 4.32. The molecule has 0 N–H and O–H groups in total. The second-order valence-electron chi connectivity index (χ2n) is 11.8. The van der Waals surface area contributed by atoms with E-state index in [-0.39, 0.29) is 17.2 Å². The Bertz CT molecular complexity index is 923. The number of halogens is 2. The topological polar surface area (TPSA) is 0 Å². The molecule has 0 aromatic heterocycles. The van der Waals surface area contributed by atoms with Crippen molar-refractivity contribution in [1.82, 2.24) is 0 Å². The summed E-state index contributed by atoms with van der Waals surface area (Å²) in [5.41, 5.74) is 2.61. The molecule has 0 nitrogen and oxygen atoms in total. The monoisotopic (exact) mass is 492 g/mol. The molecule has 2 aliphatic rings. The zero-order valence-electron chi connectivity index (χ0n) is 22.5. The Morgan fingerprint density at radius 1 is 0.806 bits per heavy atom. The van der Waals surface area contributed by atoms with E-state index in [4.69, 9.17) is 0 Å². The molecule has 2 saturated carbocycles. The first-order valence-electron chi connectivity index (χ1n) is 14.7. The van der Waals surface area contributed by atoms with E-state index in [0.29, 0.717) is 24.7 Å². The lowest BCUT2D eigenvalue weighted by Gasteiger charge is -2.33. The van der Waals surface area contributed by atoms with E-state index < -0.39 is 0 Å². The number of rotatable bonds is 10. The van der Waals surface area contributed by atoms with Crippen molar-refractivity contribution in [3.63, 3.8) is 0 Å². The molecular weight excluding hydrogens is 446 g/mol. The van der Waals surface area contributed by atoms with Crippen LogP contribution in [-0.4, -0.2) is 0 Å². The van der Waals surface area contributed by atoms with Crippen molar-refractivity contribution in [1.29, 1.82) is 0 Å². The average molecular weight is 493 g/mol. The second kappa shape index (κ2) is 13.5. The van der Waals surface area contributed by atoms with E-state index in [2.05, 4.69) is 37.3 Å². The Morgan fingerprint density at radius 2 is 1.36 bits per heavy atom. The van der Waals surface area contributed by atoms with Crippen LogP contribution in [0.4, 0.5) is 8.78 Å². The highest BCUT2D eigenvalue weighted by Gasteiger charge is 2.27. The van der Waals surface area contributed by atoms with Crippen molar-refractivity contribution >= 4 is 0 Å². The highest BCUT2D eigenvalue weighted by Crippen LogP contribution is 2.41. The molecule has 0 spiro atoms. The van der Waals surface area contributed by atoms with Crippen molar-refractivity contribution in [3.8, 4) is 0 Å². The summed E-state index contributed by atoms with van der Waals surface area (Å²) < 4.78 is 29.2. The van der Waals surface area contributed by atoms with E-state index in [1.807, 2.05) is 19.1 Å². The molecule has 0 radical (unpaired) electrons. The van der Waals surface area contributed by atoms with Crippen LogP contribution in [0.5, 0.6) is 0 Å². The lowest BCUT2D eigenvalue weighted by molar-refractivity contribution is 0.220. The van der Waals surface area contributed by atoms with Gasteiger partial charge in [-0.1, -0.05) is 87.9 Å². The van der Waals surface area contributed by atoms with Gasteiger partial charge in [0.1, 0.15) is 11.6 Å². The fraction of sp³-hybridized carbons (Fsp3) is 0.588. The molecule has 2 aliphatic carbocycles. The number of benzene rings is 2. The molecule has 4 rings (SSSR count). The van der Waals surface area contributed by atoms with Crippen LogP contribution in [0.3, 0.4) is 0 Å². The Hall–Kier alpha value is -1.96. The van der Waals surface area contributed by atoms with Gasteiger partial charge in [-0.3, -0.25) is 0 Å². The van der Waals surface area contributed by atoms with E-state index in [1.165, 1.54) is 63.4 Å². The molecule has 0 amide bonds. The SMILES string of the molecule is CC=CCCc1c(F)cc(C2CCC(CCC3CCC(C[C@@H](C)c4ccccc4)CC3)CC2)cc1F. The molecule has 36 heavy (non-hydrogen) atoms. The molecule has 0 aliphatic heterocycles. The third-order valence-electron chi connectivity index (χ3n) is 9.28. The molecule has 196 valence electrons. The summed E-state index contributed by atoms with van der Waals surface area (Å²) in [5, 5.41) is 0. The normalized spacial score (nSPS) is 25.8. The number of hydrogen-bond donors (Lipinski definition) is 0. The standard InChI is InChI=1S/C34H46F2/c1-3-4-6-11-32-33(35)23-31(24-34(32)36)30-20-18-27(19-21-30)13-12-26-14-16-28(17-15-26)22-25(2)29-9-7-5-8-10-29/h3-5,7-10,23-28,30H,6,11-22H2,1-2H3/t25-,26?,27?,28?,30?/m1/s1. The largest absolute Gasteiger partial charge is 0.207 e. The molecule has 1 atom stereocenters. The maximum atomic E-state index is 14.6. The van der Waals surface area contributed by atoms with Crippen molar-refractivity contribution in [2.45, 2.75) is 109 Å². The molecule has 0 heterocycles. The lowest BCUT2D eigenvalue weighted by atomic mass is 9.73. The summed E-state index contributed by atoms with van der Waals surface area (Å²) in [4.78, 5) is 0. The van der Waals surface area contributed by atoms with Gasteiger partial charge in [-0.2, -0.15) is 0 Å². The van der Waals surface area contributed by atoms with Gasteiger partial charge in [0.05, 0.1) is 0 Å². The fourth-order valence-electron chi connectivity index (χ4n) is 6.92. The van der Waals surface area contributed by atoms with Crippen LogP contribution in [0.25, 0.3) is 0 Å². The minimum absolute atomic E-state index is 0.245. The second-order valence-corrected chi connectivity index (χ2v) is 11.8. The fourth-order valence-corrected chi connectivity index (χ4v) is 6.92. The van der Waals surface area contributed by atoms with Crippen LogP contribution in [0.1, 0.15) is 119 Å². The minimum atomic E-state index is -0.356. The molecule has 0 unspecified atom stereocenters. The Labute approximate surface area is 218 Å². The van der Waals surface area contributed by atoms with E-state index in [0.717, 1.165) is 36.2 Å². The van der Waals surface area contributed by atoms with Gasteiger partial charge < -0.3 is 0 Å². The van der Waals surface area contributed by atoms with Crippen LogP contribution in [-0.2, 0) is 6.42 Å². The maximum absolute atomic E-state index is 14.6. The van der Waals surface area contributed by atoms with E-state index in [1.54, 1.807) is 12.1 Å². The Balaban J connectivity index is 1.16. The molecular formula is C34H46F2. The molecule has 2 aromatic carbocycles. The number of hydrogen-bond acceptors (Lipinski definition) is 0. The summed E-state index contributed by atoms with van der Waals surface area (Å²) in [6.07, 6.45) is 19.2. The third kappa shape index (κ3) is 7.53. The quantitative estimate of drug-likeness (QED) is 0.289.